The molecule has 134 valence electrons. The van der Waals surface area contributed by atoms with Gasteiger partial charge in [-0.25, -0.2) is 13.6 Å². The third-order valence-corrected chi connectivity index (χ3v) is 4.81. The second-order valence-corrected chi connectivity index (χ2v) is 7.15. The number of nitrogens with zero attached hydrogens (tertiary/aromatic N) is 1. The van der Waals surface area contributed by atoms with Crippen LogP contribution < -0.4 is 10.5 Å². The highest BCUT2D eigenvalue weighted by atomic mass is 32.2. The number of anilines is 1. The number of rotatable bonds is 5. The number of aryl methyl sites for hydroxylation is 1. The fourth-order valence-corrected chi connectivity index (χ4v) is 3.37. The van der Waals surface area contributed by atoms with E-state index in [1.54, 1.807) is 12.1 Å². The molecule has 1 amide bonds. The number of benzene rings is 2. The molecule has 7 nitrogen and oxygen atoms in total. The van der Waals surface area contributed by atoms with Crippen molar-refractivity contribution < 1.29 is 17.7 Å². The number of primary sulfonamides is 1. The lowest BCUT2D eigenvalue weighted by Gasteiger charge is -2.09. The molecular formula is C18H17N3O4S. The quantitative estimate of drug-likeness (QED) is 0.715. The van der Waals surface area contributed by atoms with Gasteiger partial charge >= 0.3 is 0 Å². The largest absolute Gasteiger partial charge is 0.355 e. The average molecular weight is 371 g/mol. The van der Waals surface area contributed by atoms with Crippen molar-refractivity contribution in [1.29, 1.82) is 0 Å². The predicted molar refractivity (Wildman–Crippen MR) is 97.1 cm³/mol. The van der Waals surface area contributed by atoms with E-state index < -0.39 is 15.9 Å². The number of carbonyl (C=O) groups excluding carboxylic acids is 1. The van der Waals surface area contributed by atoms with E-state index in [0.717, 1.165) is 5.56 Å². The number of hydrogen-bond acceptors (Lipinski definition) is 5. The monoisotopic (exact) mass is 371 g/mol. The minimum absolute atomic E-state index is 0.0112. The van der Waals surface area contributed by atoms with Crippen LogP contribution in [0.5, 0.6) is 0 Å². The van der Waals surface area contributed by atoms with E-state index >= 15 is 0 Å². The fourth-order valence-electron chi connectivity index (χ4n) is 2.51. The minimum Gasteiger partial charge on any atom is -0.355 e. The Morgan fingerprint density at radius 2 is 1.88 bits per heavy atom. The van der Waals surface area contributed by atoms with Gasteiger partial charge in [-0.15, -0.1) is 0 Å². The van der Waals surface area contributed by atoms with Crippen LogP contribution in [0.4, 0.5) is 5.69 Å². The van der Waals surface area contributed by atoms with Crippen LogP contribution in [0.15, 0.2) is 64.0 Å². The van der Waals surface area contributed by atoms with Gasteiger partial charge in [-0.05, 0) is 24.1 Å². The smallest absolute Gasteiger partial charge is 0.277 e. The van der Waals surface area contributed by atoms with Gasteiger partial charge in [0.15, 0.2) is 11.5 Å². The van der Waals surface area contributed by atoms with Gasteiger partial charge in [0, 0.05) is 17.3 Å². The minimum atomic E-state index is -3.89. The maximum Gasteiger partial charge on any atom is 0.277 e. The van der Waals surface area contributed by atoms with Gasteiger partial charge in [0.05, 0.1) is 4.90 Å². The highest BCUT2D eigenvalue weighted by molar-refractivity contribution is 7.89. The van der Waals surface area contributed by atoms with Crippen molar-refractivity contribution in [3.05, 3.63) is 65.9 Å². The molecule has 1 aromatic heterocycles. The summed E-state index contributed by atoms with van der Waals surface area (Å²) in [4.78, 5) is 12.3. The molecule has 0 aliphatic carbocycles. The van der Waals surface area contributed by atoms with Gasteiger partial charge in [-0.1, -0.05) is 48.5 Å². The molecule has 0 bridgehead atoms. The molecular weight excluding hydrogens is 354 g/mol. The van der Waals surface area contributed by atoms with Crippen molar-refractivity contribution in [3.63, 3.8) is 0 Å². The second-order valence-electron chi connectivity index (χ2n) is 5.62. The molecule has 0 unspecified atom stereocenters. The van der Waals surface area contributed by atoms with Crippen LogP contribution in [-0.4, -0.2) is 19.5 Å². The predicted octanol–water partition coefficient (Wildman–Crippen LogP) is 2.80. The van der Waals surface area contributed by atoms with E-state index in [4.69, 9.17) is 9.66 Å². The number of nitrogens with one attached hydrogen (secondary N) is 1. The third-order valence-electron chi connectivity index (χ3n) is 3.81. The Kier molecular flexibility index (Phi) is 4.88. The zero-order valence-electron chi connectivity index (χ0n) is 14.0. The molecule has 3 rings (SSSR count). The number of nitrogens with two attached hydrogens (primary N) is 1. The van der Waals surface area contributed by atoms with Crippen LogP contribution in [0, 0.1) is 0 Å². The number of aromatic nitrogens is 1. The Hall–Kier alpha value is -2.97. The molecule has 0 saturated carbocycles. The molecule has 0 aliphatic heterocycles. The van der Waals surface area contributed by atoms with E-state index in [1.807, 2.05) is 37.3 Å². The van der Waals surface area contributed by atoms with Gasteiger partial charge in [0.1, 0.15) is 0 Å². The van der Waals surface area contributed by atoms with Crippen LogP contribution in [0.2, 0.25) is 0 Å². The van der Waals surface area contributed by atoms with Crippen molar-refractivity contribution in [3.8, 4) is 11.3 Å². The summed E-state index contributed by atoms with van der Waals surface area (Å²) in [5.41, 5.74) is 1.77. The van der Waals surface area contributed by atoms with Crippen LogP contribution in [0.3, 0.4) is 0 Å². The SMILES string of the molecule is CCc1ccc(NC(=O)c2cc(-c3ccccc3)on2)cc1S(N)(=O)=O. The van der Waals surface area contributed by atoms with E-state index in [9.17, 15) is 13.2 Å². The Labute approximate surface area is 150 Å². The summed E-state index contributed by atoms with van der Waals surface area (Å²) in [6.07, 6.45) is 0.504. The fraction of sp³-hybridized carbons (Fsp3) is 0.111. The molecule has 3 aromatic rings. The van der Waals surface area contributed by atoms with Gasteiger partial charge in [-0.3, -0.25) is 4.79 Å². The van der Waals surface area contributed by atoms with Crippen molar-refractivity contribution in [1.82, 2.24) is 5.16 Å². The molecule has 0 fully saturated rings. The lowest BCUT2D eigenvalue weighted by molar-refractivity contribution is 0.101. The van der Waals surface area contributed by atoms with Gasteiger partial charge < -0.3 is 9.84 Å². The highest BCUT2D eigenvalue weighted by Gasteiger charge is 2.17. The molecule has 0 spiro atoms. The zero-order chi connectivity index (χ0) is 18.7. The van der Waals surface area contributed by atoms with Crippen LogP contribution >= 0.6 is 0 Å². The first-order chi connectivity index (χ1) is 12.4. The zero-order valence-corrected chi connectivity index (χ0v) is 14.8. The maximum absolute atomic E-state index is 12.4. The highest BCUT2D eigenvalue weighted by Crippen LogP contribution is 2.22. The molecule has 3 N–H and O–H groups in total. The Balaban J connectivity index is 1.84. The van der Waals surface area contributed by atoms with Crippen LogP contribution in [0.25, 0.3) is 11.3 Å². The first-order valence-corrected chi connectivity index (χ1v) is 9.42. The molecule has 8 heteroatoms. The van der Waals surface area contributed by atoms with E-state index in [0.29, 0.717) is 23.4 Å². The molecule has 1 heterocycles. The first kappa shape index (κ1) is 17.8. The number of hydrogen-bond donors (Lipinski definition) is 2. The van der Waals surface area contributed by atoms with Crippen molar-refractivity contribution in [2.45, 2.75) is 18.2 Å². The summed E-state index contributed by atoms with van der Waals surface area (Å²) < 4.78 is 28.6. The Morgan fingerprint density at radius 1 is 1.15 bits per heavy atom. The number of amides is 1. The normalized spacial score (nSPS) is 11.3. The summed E-state index contributed by atoms with van der Waals surface area (Å²) in [5.74, 6) is -0.0529. The molecule has 0 radical (unpaired) electrons. The van der Waals surface area contributed by atoms with Crippen LogP contribution in [-0.2, 0) is 16.4 Å². The topological polar surface area (TPSA) is 115 Å². The van der Waals surface area contributed by atoms with Crippen molar-refractivity contribution in [2.75, 3.05) is 5.32 Å². The summed E-state index contributed by atoms with van der Waals surface area (Å²) in [6.45, 7) is 1.82. The Bertz CT molecular complexity index is 1040. The average Bonchev–Trinajstić information content (AvgIpc) is 3.12. The first-order valence-electron chi connectivity index (χ1n) is 7.87. The summed E-state index contributed by atoms with van der Waals surface area (Å²) in [7, 11) is -3.89. The van der Waals surface area contributed by atoms with Crippen molar-refractivity contribution >= 4 is 21.6 Å². The molecule has 0 atom stereocenters. The van der Waals surface area contributed by atoms with Gasteiger partial charge in [0.25, 0.3) is 5.91 Å². The number of sulfonamides is 1. The molecule has 0 saturated heterocycles. The standard InChI is InChI=1S/C18H17N3O4S/c1-2-12-8-9-14(10-17(12)26(19,23)24)20-18(22)15-11-16(25-21-15)13-6-4-3-5-7-13/h3-11H,2H2,1H3,(H,20,22)(H2,19,23,24). The number of carbonyl (C=O) groups is 1. The molecule has 2 aromatic carbocycles. The van der Waals surface area contributed by atoms with E-state index in [1.165, 1.54) is 12.1 Å². The van der Waals surface area contributed by atoms with Crippen molar-refractivity contribution in [2.24, 2.45) is 5.14 Å². The lowest BCUT2D eigenvalue weighted by Crippen LogP contribution is -2.16. The summed E-state index contributed by atoms with van der Waals surface area (Å²) in [6, 6.07) is 15.3. The Morgan fingerprint density at radius 3 is 2.54 bits per heavy atom. The maximum atomic E-state index is 12.4. The second kappa shape index (κ2) is 7.11. The lowest BCUT2D eigenvalue weighted by atomic mass is 10.1. The van der Waals surface area contributed by atoms with E-state index in [2.05, 4.69) is 10.5 Å². The molecule has 26 heavy (non-hydrogen) atoms. The summed E-state index contributed by atoms with van der Waals surface area (Å²) in [5, 5.41) is 11.6. The molecule has 0 aliphatic rings. The van der Waals surface area contributed by atoms with Crippen LogP contribution in [0.1, 0.15) is 23.0 Å². The van der Waals surface area contributed by atoms with Gasteiger partial charge in [0.2, 0.25) is 10.0 Å². The summed E-state index contributed by atoms with van der Waals surface area (Å²) >= 11 is 0. The van der Waals surface area contributed by atoms with E-state index in [-0.39, 0.29) is 10.6 Å². The third kappa shape index (κ3) is 3.81. The van der Waals surface area contributed by atoms with Gasteiger partial charge in [-0.2, -0.15) is 0 Å².